The second-order valence-corrected chi connectivity index (χ2v) is 3.73. The van der Waals surface area contributed by atoms with Crippen LogP contribution in [0.2, 0.25) is 0 Å². The molecule has 2 amide bonds. The van der Waals surface area contributed by atoms with E-state index in [9.17, 15) is 14.4 Å². The molecule has 0 aromatic heterocycles. The van der Waals surface area contributed by atoms with E-state index in [-0.39, 0.29) is 18.9 Å². The zero-order valence-corrected chi connectivity index (χ0v) is 10.3. The molecule has 7 heteroatoms. The van der Waals surface area contributed by atoms with Crippen LogP contribution in [0.4, 0.5) is 0 Å². The van der Waals surface area contributed by atoms with Crippen molar-refractivity contribution in [1.29, 1.82) is 0 Å². The molecule has 1 aromatic rings. The molecule has 0 saturated carbocycles. The van der Waals surface area contributed by atoms with Crippen LogP contribution in [0, 0.1) is 0 Å². The molecule has 1 rings (SSSR count). The first kappa shape index (κ1) is 14.5. The van der Waals surface area contributed by atoms with Gasteiger partial charge in [0.25, 0.3) is 5.91 Å². The normalized spacial score (nSPS) is 9.53. The molecule has 0 bridgehead atoms. The van der Waals surface area contributed by atoms with Crippen LogP contribution in [0.15, 0.2) is 24.3 Å². The van der Waals surface area contributed by atoms with Crippen molar-refractivity contribution >= 4 is 17.8 Å². The van der Waals surface area contributed by atoms with E-state index >= 15 is 0 Å². The number of nitrogens with one attached hydrogen (secondary N) is 2. The highest BCUT2D eigenvalue weighted by atomic mass is 16.5. The van der Waals surface area contributed by atoms with E-state index < -0.39 is 11.9 Å². The summed E-state index contributed by atoms with van der Waals surface area (Å²) in [4.78, 5) is 32.2. The van der Waals surface area contributed by atoms with Crippen LogP contribution in [-0.2, 0) is 20.8 Å². The number of carboxylic acid groups (broad SMARTS) is 1. The van der Waals surface area contributed by atoms with Crippen LogP contribution in [0.1, 0.15) is 12.5 Å². The smallest absolute Gasteiger partial charge is 0.307 e. The fourth-order valence-corrected chi connectivity index (χ4v) is 1.22. The van der Waals surface area contributed by atoms with Gasteiger partial charge in [-0.3, -0.25) is 25.2 Å². The Hall–Kier alpha value is -2.57. The molecule has 7 nitrogen and oxygen atoms in total. The van der Waals surface area contributed by atoms with Gasteiger partial charge < -0.3 is 9.84 Å². The highest BCUT2D eigenvalue weighted by molar-refractivity contribution is 5.81. The molecule has 0 atom stereocenters. The Morgan fingerprint density at radius 2 is 1.79 bits per heavy atom. The van der Waals surface area contributed by atoms with Crippen molar-refractivity contribution in [3.63, 3.8) is 0 Å². The van der Waals surface area contributed by atoms with Crippen LogP contribution in [0.5, 0.6) is 5.75 Å². The molecule has 0 saturated heterocycles. The van der Waals surface area contributed by atoms with Gasteiger partial charge in [-0.2, -0.15) is 0 Å². The molecule has 0 unspecified atom stereocenters. The van der Waals surface area contributed by atoms with E-state index in [4.69, 9.17) is 9.84 Å². The minimum atomic E-state index is -0.914. The average Bonchev–Trinajstić information content (AvgIpc) is 2.35. The number of benzene rings is 1. The fraction of sp³-hybridized carbons (Fsp3) is 0.250. The first-order valence-corrected chi connectivity index (χ1v) is 5.46. The van der Waals surface area contributed by atoms with E-state index in [1.807, 2.05) is 0 Å². The van der Waals surface area contributed by atoms with Crippen LogP contribution in [-0.4, -0.2) is 29.5 Å². The Kier molecular flexibility index (Phi) is 5.34. The van der Waals surface area contributed by atoms with Crippen LogP contribution < -0.4 is 15.6 Å². The molecule has 0 aliphatic rings. The first-order chi connectivity index (χ1) is 8.97. The summed E-state index contributed by atoms with van der Waals surface area (Å²) in [5, 5.41) is 8.60. The van der Waals surface area contributed by atoms with Crippen molar-refractivity contribution in [2.24, 2.45) is 0 Å². The average molecular weight is 266 g/mol. The summed E-state index contributed by atoms with van der Waals surface area (Å²) in [7, 11) is 0. The summed E-state index contributed by atoms with van der Waals surface area (Å²) in [6, 6.07) is 6.36. The SMILES string of the molecule is CC(=O)NNC(=O)COc1ccc(CC(=O)O)cc1. The number of ether oxygens (including phenoxy) is 1. The van der Waals surface area contributed by atoms with Crippen LogP contribution in [0.3, 0.4) is 0 Å². The molecule has 102 valence electrons. The topological polar surface area (TPSA) is 105 Å². The van der Waals surface area contributed by atoms with Gasteiger partial charge in [0.1, 0.15) is 5.75 Å². The van der Waals surface area contributed by atoms with E-state index in [1.54, 1.807) is 24.3 Å². The molecule has 1 aromatic carbocycles. The van der Waals surface area contributed by atoms with Crippen LogP contribution in [0.25, 0.3) is 0 Å². The minimum Gasteiger partial charge on any atom is -0.484 e. The highest BCUT2D eigenvalue weighted by Gasteiger charge is 2.04. The molecule has 0 heterocycles. The molecule has 0 spiro atoms. The second-order valence-electron chi connectivity index (χ2n) is 3.73. The Labute approximate surface area is 109 Å². The summed E-state index contributed by atoms with van der Waals surface area (Å²) in [6.07, 6.45) is -0.0662. The number of amides is 2. The Morgan fingerprint density at radius 3 is 2.32 bits per heavy atom. The van der Waals surface area contributed by atoms with E-state index in [1.165, 1.54) is 6.92 Å². The molecular formula is C12H14N2O5. The number of carboxylic acids is 1. The quantitative estimate of drug-likeness (QED) is 0.643. The predicted octanol–water partition coefficient (Wildman–Crippen LogP) is -0.140. The van der Waals surface area contributed by atoms with Gasteiger partial charge in [-0.1, -0.05) is 12.1 Å². The lowest BCUT2D eigenvalue weighted by molar-refractivity contribution is -0.136. The summed E-state index contributed by atoms with van der Waals surface area (Å²) in [5.74, 6) is -1.35. The number of hydrogen-bond acceptors (Lipinski definition) is 4. The molecule has 3 N–H and O–H groups in total. The number of hydrogen-bond donors (Lipinski definition) is 3. The number of carbonyl (C=O) groups is 3. The standard InChI is InChI=1S/C12H14N2O5/c1-8(15)13-14-11(16)7-19-10-4-2-9(3-5-10)6-12(17)18/h2-5H,6-7H2,1H3,(H,13,15)(H,14,16)(H,17,18). The monoisotopic (exact) mass is 266 g/mol. The molecule has 0 radical (unpaired) electrons. The first-order valence-electron chi connectivity index (χ1n) is 5.46. The number of hydrazine groups is 1. The van der Waals surface area contributed by atoms with Gasteiger partial charge in [0.15, 0.2) is 6.61 Å². The van der Waals surface area contributed by atoms with E-state index in [0.717, 1.165) is 0 Å². The van der Waals surface area contributed by atoms with Crippen molar-refractivity contribution in [3.05, 3.63) is 29.8 Å². The molecule has 0 aliphatic heterocycles. The van der Waals surface area contributed by atoms with Crippen molar-refractivity contribution in [2.45, 2.75) is 13.3 Å². The maximum atomic E-state index is 11.2. The largest absolute Gasteiger partial charge is 0.484 e. The van der Waals surface area contributed by atoms with E-state index in [0.29, 0.717) is 11.3 Å². The zero-order valence-electron chi connectivity index (χ0n) is 10.3. The van der Waals surface area contributed by atoms with Gasteiger partial charge >= 0.3 is 5.97 Å². The van der Waals surface area contributed by atoms with Crippen molar-refractivity contribution < 1.29 is 24.2 Å². The van der Waals surface area contributed by atoms with Gasteiger partial charge in [-0.15, -0.1) is 0 Å². The zero-order chi connectivity index (χ0) is 14.3. The third-order valence-corrected chi connectivity index (χ3v) is 2.03. The maximum Gasteiger partial charge on any atom is 0.307 e. The van der Waals surface area contributed by atoms with E-state index in [2.05, 4.69) is 10.9 Å². The summed E-state index contributed by atoms with van der Waals surface area (Å²) in [5.41, 5.74) is 4.92. The molecule has 19 heavy (non-hydrogen) atoms. The minimum absolute atomic E-state index is 0.0662. The molecule has 0 fully saturated rings. The van der Waals surface area contributed by atoms with Crippen LogP contribution >= 0.6 is 0 Å². The summed E-state index contributed by atoms with van der Waals surface area (Å²) in [6.45, 7) is 1.01. The summed E-state index contributed by atoms with van der Waals surface area (Å²) < 4.78 is 5.15. The Bertz CT molecular complexity index is 470. The predicted molar refractivity (Wildman–Crippen MR) is 65.2 cm³/mol. The summed E-state index contributed by atoms with van der Waals surface area (Å²) >= 11 is 0. The fourth-order valence-electron chi connectivity index (χ4n) is 1.22. The number of carbonyl (C=O) groups excluding carboxylic acids is 2. The maximum absolute atomic E-state index is 11.2. The van der Waals surface area contributed by atoms with Gasteiger partial charge in [0.2, 0.25) is 5.91 Å². The lowest BCUT2D eigenvalue weighted by atomic mass is 10.1. The van der Waals surface area contributed by atoms with Gasteiger partial charge in [0, 0.05) is 6.92 Å². The second kappa shape index (κ2) is 7.00. The lowest BCUT2D eigenvalue weighted by Crippen LogP contribution is -2.42. The number of rotatable bonds is 5. The van der Waals surface area contributed by atoms with Gasteiger partial charge in [0.05, 0.1) is 6.42 Å². The highest BCUT2D eigenvalue weighted by Crippen LogP contribution is 2.12. The van der Waals surface area contributed by atoms with Crippen molar-refractivity contribution in [3.8, 4) is 5.75 Å². The van der Waals surface area contributed by atoms with Gasteiger partial charge in [-0.25, -0.2) is 0 Å². The number of aliphatic carboxylic acids is 1. The van der Waals surface area contributed by atoms with Crippen molar-refractivity contribution in [1.82, 2.24) is 10.9 Å². The third-order valence-electron chi connectivity index (χ3n) is 2.03. The lowest BCUT2D eigenvalue weighted by Gasteiger charge is -2.07. The molecule has 0 aliphatic carbocycles. The third kappa shape index (κ3) is 6.06. The van der Waals surface area contributed by atoms with Crippen molar-refractivity contribution in [2.75, 3.05) is 6.61 Å². The van der Waals surface area contributed by atoms with Gasteiger partial charge in [-0.05, 0) is 17.7 Å². The Balaban J connectivity index is 2.39. The molecular weight excluding hydrogens is 252 g/mol. The Morgan fingerprint density at radius 1 is 1.16 bits per heavy atom.